The van der Waals surface area contributed by atoms with Crippen molar-refractivity contribution in [2.75, 3.05) is 13.7 Å². The monoisotopic (exact) mass is 262 g/mol. The maximum Gasteiger partial charge on any atom is 0.241 e. The Morgan fingerprint density at radius 3 is 2.42 bits per heavy atom. The van der Waals surface area contributed by atoms with Crippen molar-refractivity contribution in [1.29, 1.82) is 0 Å². The third-order valence-corrected chi connectivity index (χ3v) is 3.64. The van der Waals surface area contributed by atoms with Crippen LogP contribution in [-0.4, -0.2) is 30.5 Å². The number of carbonyl (C=O) groups is 1. The molecule has 1 amide bonds. The van der Waals surface area contributed by atoms with Crippen LogP contribution in [0.2, 0.25) is 0 Å². The van der Waals surface area contributed by atoms with Crippen LogP contribution in [0.25, 0.3) is 0 Å². The fraction of sp³-hybridized carbons (Fsp3) is 0.533. The Bertz CT molecular complexity index is 442. The van der Waals surface area contributed by atoms with Crippen LogP contribution in [-0.2, 0) is 4.79 Å². The fourth-order valence-corrected chi connectivity index (χ4v) is 2.52. The standard InChI is InChI=1S/C15H22N2O2/c1-5-17-14(16-13(10(2)3)15(17)18)11-6-8-12(19-4)9-7-11/h6-10,13-14,16H,5H2,1-4H3. The fourth-order valence-electron chi connectivity index (χ4n) is 2.52. The van der Waals surface area contributed by atoms with Crippen molar-refractivity contribution in [2.24, 2.45) is 5.92 Å². The molecule has 1 aromatic carbocycles. The second-order valence-electron chi connectivity index (χ2n) is 5.19. The molecule has 0 bridgehead atoms. The van der Waals surface area contributed by atoms with Gasteiger partial charge < -0.3 is 9.64 Å². The molecule has 4 nitrogen and oxygen atoms in total. The Balaban J connectivity index is 2.24. The highest BCUT2D eigenvalue weighted by atomic mass is 16.5. The molecule has 1 aliphatic rings. The van der Waals surface area contributed by atoms with Gasteiger partial charge in [0, 0.05) is 6.54 Å². The summed E-state index contributed by atoms with van der Waals surface area (Å²) in [5, 5.41) is 3.43. The maximum absolute atomic E-state index is 12.3. The zero-order valence-electron chi connectivity index (χ0n) is 12.0. The third kappa shape index (κ3) is 2.59. The molecule has 2 atom stereocenters. The summed E-state index contributed by atoms with van der Waals surface area (Å²) in [6, 6.07) is 7.78. The minimum atomic E-state index is -0.0907. The molecule has 0 aromatic heterocycles. The highest BCUT2D eigenvalue weighted by Gasteiger charge is 2.39. The molecule has 0 saturated carbocycles. The zero-order valence-corrected chi connectivity index (χ0v) is 12.0. The van der Waals surface area contributed by atoms with Crippen molar-refractivity contribution in [2.45, 2.75) is 33.0 Å². The summed E-state index contributed by atoms with van der Waals surface area (Å²) < 4.78 is 5.16. The highest BCUT2D eigenvalue weighted by Crippen LogP contribution is 2.28. The molecule has 2 rings (SSSR count). The largest absolute Gasteiger partial charge is 0.497 e. The second kappa shape index (κ2) is 5.61. The molecule has 4 heteroatoms. The summed E-state index contributed by atoms with van der Waals surface area (Å²) in [6.07, 6.45) is -0.0317. The molecule has 0 radical (unpaired) electrons. The molecule has 1 saturated heterocycles. The summed E-state index contributed by atoms with van der Waals surface area (Å²) in [7, 11) is 1.65. The minimum absolute atomic E-state index is 0.0317. The van der Waals surface area contributed by atoms with Gasteiger partial charge in [-0.1, -0.05) is 26.0 Å². The number of likely N-dealkylation sites (N-methyl/N-ethyl adjacent to an activating group) is 1. The van der Waals surface area contributed by atoms with Gasteiger partial charge in [0.2, 0.25) is 5.91 Å². The van der Waals surface area contributed by atoms with Crippen LogP contribution >= 0.6 is 0 Å². The molecule has 0 spiro atoms. The Hall–Kier alpha value is -1.55. The first-order valence-corrected chi connectivity index (χ1v) is 6.79. The summed E-state index contributed by atoms with van der Waals surface area (Å²) in [5.41, 5.74) is 1.10. The van der Waals surface area contributed by atoms with Gasteiger partial charge in [0.15, 0.2) is 0 Å². The molecule has 104 valence electrons. The van der Waals surface area contributed by atoms with E-state index in [1.807, 2.05) is 36.1 Å². The van der Waals surface area contributed by atoms with Gasteiger partial charge in [-0.15, -0.1) is 0 Å². The van der Waals surface area contributed by atoms with Crippen molar-refractivity contribution in [3.63, 3.8) is 0 Å². The van der Waals surface area contributed by atoms with Crippen molar-refractivity contribution >= 4 is 5.91 Å². The number of nitrogens with one attached hydrogen (secondary N) is 1. The normalized spacial score (nSPS) is 23.2. The SMILES string of the molecule is CCN1C(=O)C(C(C)C)NC1c1ccc(OC)cc1. The van der Waals surface area contributed by atoms with Crippen LogP contribution in [0.1, 0.15) is 32.5 Å². The molecule has 1 N–H and O–H groups in total. The first-order valence-electron chi connectivity index (χ1n) is 6.79. The van der Waals surface area contributed by atoms with Crippen molar-refractivity contribution in [3.8, 4) is 5.75 Å². The van der Waals surface area contributed by atoms with E-state index >= 15 is 0 Å². The first kappa shape index (κ1) is 13.9. The summed E-state index contributed by atoms with van der Waals surface area (Å²) >= 11 is 0. The van der Waals surface area contributed by atoms with Gasteiger partial charge in [0.25, 0.3) is 0 Å². The van der Waals surface area contributed by atoms with Gasteiger partial charge in [0.1, 0.15) is 11.9 Å². The molecular formula is C15H22N2O2. The number of hydrogen-bond acceptors (Lipinski definition) is 3. The van der Waals surface area contributed by atoms with Crippen LogP contribution in [0.5, 0.6) is 5.75 Å². The van der Waals surface area contributed by atoms with Crippen LogP contribution in [0.3, 0.4) is 0 Å². The van der Waals surface area contributed by atoms with E-state index in [2.05, 4.69) is 19.2 Å². The van der Waals surface area contributed by atoms with Gasteiger partial charge in [-0.05, 0) is 30.5 Å². The van der Waals surface area contributed by atoms with E-state index in [1.165, 1.54) is 0 Å². The number of nitrogens with zero attached hydrogens (tertiary/aromatic N) is 1. The van der Waals surface area contributed by atoms with Gasteiger partial charge in [0.05, 0.1) is 13.2 Å². The molecule has 1 aliphatic heterocycles. The van der Waals surface area contributed by atoms with Crippen molar-refractivity contribution in [3.05, 3.63) is 29.8 Å². The van der Waals surface area contributed by atoms with Gasteiger partial charge >= 0.3 is 0 Å². The van der Waals surface area contributed by atoms with E-state index < -0.39 is 0 Å². The van der Waals surface area contributed by atoms with E-state index in [0.717, 1.165) is 11.3 Å². The Morgan fingerprint density at radius 2 is 1.95 bits per heavy atom. The number of rotatable bonds is 4. The number of ether oxygens (including phenoxy) is 1. The van der Waals surface area contributed by atoms with Crippen LogP contribution in [0.15, 0.2) is 24.3 Å². The molecule has 1 aromatic rings. The van der Waals surface area contributed by atoms with E-state index in [1.54, 1.807) is 7.11 Å². The van der Waals surface area contributed by atoms with Crippen LogP contribution in [0.4, 0.5) is 0 Å². The van der Waals surface area contributed by atoms with E-state index in [9.17, 15) is 4.79 Å². The second-order valence-corrected chi connectivity index (χ2v) is 5.19. The predicted molar refractivity (Wildman–Crippen MR) is 74.9 cm³/mol. The molecule has 0 aliphatic carbocycles. The Labute approximate surface area is 114 Å². The quantitative estimate of drug-likeness (QED) is 0.904. The van der Waals surface area contributed by atoms with E-state index in [0.29, 0.717) is 12.5 Å². The molecule has 1 heterocycles. The highest BCUT2D eigenvalue weighted by molar-refractivity contribution is 5.84. The Kier molecular flexibility index (Phi) is 4.10. The lowest BCUT2D eigenvalue weighted by Gasteiger charge is -2.23. The average Bonchev–Trinajstić information content (AvgIpc) is 2.76. The van der Waals surface area contributed by atoms with Gasteiger partial charge in [-0.25, -0.2) is 0 Å². The lowest BCUT2D eigenvalue weighted by Crippen LogP contribution is -2.34. The minimum Gasteiger partial charge on any atom is -0.497 e. The predicted octanol–water partition coefficient (Wildman–Crippen LogP) is 2.17. The van der Waals surface area contributed by atoms with Gasteiger partial charge in [-0.3, -0.25) is 10.1 Å². The number of amides is 1. The number of methoxy groups -OCH3 is 1. The van der Waals surface area contributed by atoms with Gasteiger partial charge in [-0.2, -0.15) is 0 Å². The van der Waals surface area contributed by atoms with Crippen molar-refractivity contribution < 1.29 is 9.53 Å². The topological polar surface area (TPSA) is 41.6 Å². The molecule has 2 unspecified atom stereocenters. The molecular weight excluding hydrogens is 240 g/mol. The molecule has 19 heavy (non-hydrogen) atoms. The average molecular weight is 262 g/mol. The maximum atomic E-state index is 12.3. The molecule has 1 fully saturated rings. The lowest BCUT2D eigenvalue weighted by atomic mass is 10.1. The summed E-state index contributed by atoms with van der Waals surface area (Å²) in [5.74, 6) is 1.32. The lowest BCUT2D eigenvalue weighted by molar-refractivity contribution is -0.130. The van der Waals surface area contributed by atoms with E-state index in [4.69, 9.17) is 4.74 Å². The summed E-state index contributed by atoms with van der Waals surface area (Å²) in [4.78, 5) is 14.2. The number of benzene rings is 1. The number of hydrogen-bond donors (Lipinski definition) is 1. The zero-order chi connectivity index (χ0) is 14.0. The van der Waals surface area contributed by atoms with E-state index in [-0.39, 0.29) is 18.1 Å². The van der Waals surface area contributed by atoms with Crippen LogP contribution in [0, 0.1) is 5.92 Å². The van der Waals surface area contributed by atoms with Crippen molar-refractivity contribution in [1.82, 2.24) is 10.2 Å². The Morgan fingerprint density at radius 1 is 1.32 bits per heavy atom. The summed E-state index contributed by atoms with van der Waals surface area (Å²) in [6.45, 7) is 6.87. The third-order valence-electron chi connectivity index (χ3n) is 3.64. The van der Waals surface area contributed by atoms with Crippen LogP contribution < -0.4 is 10.1 Å². The smallest absolute Gasteiger partial charge is 0.241 e. The number of carbonyl (C=O) groups excluding carboxylic acids is 1. The first-order chi connectivity index (χ1) is 9.08.